The molecule has 0 spiro atoms. The number of amides is 1. The average Bonchev–Trinajstić information content (AvgIpc) is 3.68. The number of rotatable bonds is 13. The van der Waals surface area contributed by atoms with Crippen molar-refractivity contribution in [2.75, 3.05) is 38.0 Å². The molecule has 3 aliphatic heterocycles. The van der Waals surface area contributed by atoms with E-state index in [2.05, 4.69) is 15.1 Å². The maximum Gasteiger partial charge on any atom is 0.303 e. The van der Waals surface area contributed by atoms with Crippen LogP contribution in [0.15, 0.2) is 48.5 Å². The fraction of sp³-hybridized carbons (Fsp3) is 0.576. The number of hydrogen-bond donors (Lipinski definition) is 3. The quantitative estimate of drug-likeness (QED) is 0.288. The van der Waals surface area contributed by atoms with E-state index in [1.165, 1.54) is 38.8 Å². The first-order chi connectivity index (χ1) is 20.5. The third kappa shape index (κ3) is 8.61. The van der Waals surface area contributed by atoms with Crippen LogP contribution in [0.3, 0.4) is 0 Å². The van der Waals surface area contributed by atoms with Crippen molar-refractivity contribution < 1.29 is 29.3 Å². The number of carbonyl (C=O) groups excluding carboxylic acids is 1. The van der Waals surface area contributed by atoms with Gasteiger partial charge in [-0.15, -0.1) is 0 Å². The van der Waals surface area contributed by atoms with E-state index in [1.54, 1.807) is 0 Å². The van der Waals surface area contributed by atoms with Crippen LogP contribution < -0.4 is 5.32 Å². The number of benzene rings is 2. The summed E-state index contributed by atoms with van der Waals surface area (Å²) in [5.41, 5.74) is 3.44. The highest BCUT2D eigenvalue weighted by Gasteiger charge is 2.36. The van der Waals surface area contributed by atoms with Gasteiger partial charge in [0.05, 0.1) is 18.8 Å². The van der Waals surface area contributed by atoms with Crippen LogP contribution in [0.5, 0.6) is 0 Å². The molecule has 3 fully saturated rings. The molecule has 2 aromatic rings. The van der Waals surface area contributed by atoms with E-state index in [9.17, 15) is 14.7 Å². The second-order valence-corrected chi connectivity index (χ2v) is 11.9. The van der Waals surface area contributed by atoms with Crippen LogP contribution in [-0.4, -0.2) is 76.8 Å². The molecule has 0 bridgehead atoms. The molecule has 5 rings (SSSR count). The van der Waals surface area contributed by atoms with Crippen LogP contribution in [0.4, 0.5) is 5.69 Å². The highest BCUT2D eigenvalue weighted by molar-refractivity contribution is 5.90. The van der Waals surface area contributed by atoms with Crippen molar-refractivity contribution in [3.05, 3.63) is 65.2 Å². The molecule has 0 aliphatic carbocycles. The number of carboxylic acids is 1. The minimum Gasteiger partial charge on any atom is -0.481 e. The molecule has 3 heterocycles. The molecule has 0 saturated carbocycles. The largest absolute Gasteiger partial charge is 0.481 e. The van der Waals surface area contributed by atoms with Crippen molar-refractivity contribution in [2.24, 2.45) is 0 Å². The Bertz CT molecular complexity index is 1170. The highest BCUT2D eigenvalue weighted by atomic mass is 16.7. The van der Waals surface area contributed by atoms with Gasteiger partial charge in [-0.05, 0) is 81.4 Å². The van der Waals surface area contributed by atoms with Crippen molar-refractivity contribution in [1.82, 2.24) is 9.80 Å². The monoisotopic (exact) mass is 579 g/mol. The lowest BCUT2D eigenvalue weighted by molar-refractivity contribution is -0.253. The van der Waals surface area contributed by atoms with Crippen LogP contribution in [0, 0.1) is 0 Å². The van der Waals surface area contributed by atoms with Gasteiger partial charge in [0.2, 0.25) is 5.91 Å². The molecule has 3 saturated heterocycles. The second-order valence-electron chi connectivity index (χ2n) is 11.9. The number of nitrogens with one attached hydrogen (secondary N) is 1. The van der Waals surface area contributed by atoms with Crippen molar-refractivity contribution in [3.8, 4) is 0 Å². The molecule has 0 radical (unpaired) electrons. The Kier molecular flexibility index (Phi) is 11.0. The van der Waals surface area contributed by atoms with Gasteiger partial charge in [-0.1, -0.05) is 36.4 Å². The Labute approximate surface area is 248 Å². The number of carboxylic acid groups (broad SMARTS) is 1. The van der Waals surface area contributed by atoms with Gasteiger partial charge in [-0.2, -0.15) is 0 Å². The van der Waals surface area contributed by atoms with E-state index in [1.807, 2.05) is 48.5 Å². The van der Waals surface area contributed by atoms with Crippen molar-refractivity contribution in [1.29, 1.82) is 0 Å². The molecule has 3 N–H and O–H groups in total. The third-order valence-corrected chi connectivity index (χ3v) is 8.71. The topological polar surface area (TPSA) is 112 Å². The van der Waals surface area contributed by atoms with Crippen LogP contribution in [0.25, 0.3) is 0 Å². The van der Waals surface area contributed by atoms with Gasteiger partial charge in [0, 0.05) is 49.6 Å². The molecular weight excluding hydrogens is 534 g/mol. The van der Waals surface area contributed by atoms with Gasteiger partial charge in [0.25, 0.3) is 0 Å². The number of ether oxygens (including phenoxy) is 2. The lowest BCUT2D eigenvalue weighted by Crippen LogP contribution is -2.45. The molecular formula is C33H45N3O6. The fourth-order valence-corrected chi connectivity index (χ4v) is 6.45. The Morgan fingerprint density at radius 2 is 1.69 bits per heavy atom. The Balaban J connectivity index is 1.27. The van der Waals surface area contributed by atoms with Gasteiger partial charge in [0.15, 0.2) is 6.29 Å². The highest BCUT2D eigenvalue weighted by Crippen LogP contribution is 2.39. The minimum absolute atomic E-state index is 0.00556. The van der Waals surface area contributed by atoms with Gasteiger partial charge in [0.1, 0.15) is 0 Å². The standard InChI is InChI=1S/C33H45N3O6/c37-23-24-12-14-25(15-13-24)30-20-29(22-36-18-6-9-28(36)21-35-16-3-4-17-35)41-33(42-30)26-7-5-8-27(19-26)34-31(38)10-1-2-11-32(39)40/h5,7-8,12-15,19,28-30,33,37H,1-4,6,9-11,16-18,20-23H2,(H,34,38)(H,39,40)/t28-,29+,30-,33-/m0/s1. The van der Waals surface area contributed by atoms with Gasteiger partial charge >= 0.3 is 5.97 Å². The molecule has 3 aliphatic rings. The van der Waals surface area contributed by atoms with E-state index < -0.39 is 12.3 Å². The number of likely N-dealkylation sites (tertiary alicyclic amines) is 2. The van der Waals surface area contributed by atoms with Crippen LogP contribution in [0.1, 0.15) is 86.9 Å². The molecule has 0 aromatic heterocycles. The number of aliphatic hydroxyl groups is 1. The summed E-state index contributed by atoms with van der Waals surface area (Å²) in [5, 5.41) is 21.3. The predicted molar refractivity (Wildman–Crippen MR) is 160 cm³/mol. The molecule has 228 valence electrons. The molecule has 0 unspecified atom stereocenters. The van der Waals surface area contributed by atoms with E-state index >= 15 is 0 Å². The fourth-order valence-electron chi connectivity index (χ4n) is 6.45. The molecule has 1 amide bonds. The molecule has 42 heavy (non-hydrogen) atoms. The summed E-state index contributed by atoms with van der Waals surface area (Å²) >= 11 is 0. The van der Waals surface area contributed by atoms with Crippen molar-refractivity contribution >= 4 is 17.6 Å². The Morgan fingerprint density at radius 3 is 2.45 bits per heavy atom. The number of hydrogen-bond acceptors (Lipinski definition) is 7. The number of aliphatic hydroxyl groups excluding tert-OH is 1. The maximum atomic E-state index is 12.5. The minimum atomic E-state index is -0.844. The third-order valence-electron chi connectivity index (χ3n) is 8.71. The Morgan fingerprint density at radius 1 is 0.905 bits per heavy atom. The van der Waals surface area contributed by atoms with E-state index in [-0.39, 0.29) is 37.6 Å². The summed E-state index contributed by atoms with van der Waals surface area (Å²) < 4.78 is 13.2. The summed E-state index contributed by atoms with van der Waals surface area (Å²) in [5.74, 6) is -0.982. The maximum absolute atomic E-state index is 12.5. The summed E-state index contributed by atoms with van der Waals surface area (Å²) in [4.78, 5) is 28.4. The van der Waals surface area contributed by atoms with E-state index in [0.29, 0.717) is 24.6 Å². The molecule has 4 atom stereocenters. The molecule has 2 aromatic carbocycles. The molecule has 9 heteroatoms. The summed E-state index contributed by atoms with van der Waals surface area (Å²) in [7, 11) is 0. The van der Waals surface area contributed by atoms with Crippen LogP contribution in [0.2, 0.25) is 0 Å². The predicted octanol–water partition coefficient (Wildman–Crippen LogP) is 4.87. The SMILES string of the molecule is O=C(O)CCCCC(=O)Nc1cccc([C@H]2O[C@@H](CN3CCC[C@H]3CN3CCCC3)C[C@@H](c3ccc(CO)cc3)O2)c1. The number of anilines is 1. The smallest absolute Gasteiger partial charge is 0.303 e. The first kappa shape index (κ1) is 30.6. The zero-order valence-electron chi connectivity index (χ0n) is 24.5. The van der Waals surface area contributed by atoms with Gasteiger partial charge in [-0.25, -0.2) is 0 Å². The number of aliphatic carboxylic acids is 1. The van der Waals surface area contributed by atoms with Gasteiger partial charge < -0.3 is 29.9 Å². The number of nitrogens with zero attached hydrogens (tertiary/aromatic N) is 2. The summed E-state index contributed by atoms with van der Waals surface area (Å²) in [6, 6.07) is 16.1. The lowest BCUT2D eigenvalue weighted by Gasteiger charge is -2.39. The van der Waals surface area contributed by atoms with Crippen LogP contribution in [-0.2, 0) is 25.7 Å². The van der Waals surface area contributed by atoms with E-state index in [0.717, 1.165) is 42.7 Å². The Hall–Kier alpha value is -2.82. The number of carbonyl (C=O) groups is 2. The normalized spacial score (nSPS) is 25.1. The summed E-state index contributed by atoms with van der Waals surface area (Å²) in [6.45, 7) is 5.51. The van der Waals surface area contributed by atoms with Crippen LogP contribution >= 0.6 is 0 Å². The lowest BCUT2D eigenvalue weighted by atomic mass is 9.99. The first-order valence-corrected chi connectivity index (χ1v) is 15.6. The number of unbranched alkanes of at least 4 members (excludes halogenated alkanes) is 1. The molecule has 9 nitrogen and oxygen atoms in total. The second kappa shape index (κ2) is 15.1. The van der Waals surface area contributed by atoms with Gasteiger partial charge in [-0.3, -0.25) is 14.5 Å². The average molecular weight is 580 g/mol. The summed E-state index contributed by atoms with van der Waals surface area (Å²) in [6.07, 6.45) is 6.39. The zero-order chi connectivity index (χ0) is 29.3. The zero-order valence-corrected chi connectivity index (χ0v) is 24.5. The van der Waals surface area contributed by atoms with Crippen molar-refractivity contribution in [2.45, 2.75) is 88.9 Å². The van der Waals surface area contributed by atoms with Crippen molar-refractivity contribution in [3.63, 3.8) is 0 Å². The first-order valence-electron chi connectivity index (χ1n) is 15.6. The van der Waals surface area contributed by atoms with E-state index in [4.69, 9.17) is 14.6 Å².